The van der Waals surface area contributed by atoms with E-state index >= 15 is 0 Å². The lowest BCUT2D eigenvalue weighted by molar-refractivity contribution is -0.146. The van der Waals surface area contributed by atoms with Crippen molar-refractivity contribution in [2.24, 2.45) is 0 Å². The maximum absolute atomic E-state index is 11.6. The number of aryl methyl sites for hydroxylation is 1. The van der Waals surface area contributed by atoms with Gasteiger partial charge in [0.15, 0.2) is 0 Å². The van der Waals surface area contributed by atoms with Gasteiger partial charge in [-0.1, -0.05) is 103 Å². The first-order valence-corrected chi connectivity index (χ1v) is 13.8. The van der Waals surface area contributed by atoms with Gasteiger partial charge in [-0.25, -0.2) is 0 Å². The third kappa shape index (κ3) is 18.6. The molecule has 0 aromatic heterocycles. The lowest BCUT2D eigenvalue weighted by Crippen LogP contribution is -2.15. The highest BCUT2D eigenvalue weighted by Gasteiger charge is 2.05. The zero-order valence-electron chi connectivity index (χ0n) is 21.6. The van der Waals surface area contributed by atoms with E-state index in [2.05, 4.69) is 36.5 Å². The van der Waals surface area contributed by atoms with E-state index in [0.29, 0.717) is 6.42 Å². The highest BCUT2D eigenvalue weighted by atomic mass is 16.5. The summed E-state index contributed by atoms with van der Waals surface area (Å²) < 4.78 is 4.98. The Morgan fingerprint density at radius 1 is 0.818 bits per heavy atom. The first-order valence-electron chi connectivity index (χ1n) is 13.8. The number of hydrogen-bond acceptors (Lipinski definition) is 4. The van der Waals surface area contributed by atoms with E-state index < -0.39 is 6.10 Å². The van der Waals surface area contributed by atoms with Gasteiger partial charge in [0.1, 0.15) is 6.61 Å². The molecule has 0 aliphatic heterocycles. The average molecular weight is 462 g/mol. The van der Waals surface area contributed by atoms with Crippen molar-refractivity contribution in [3.63, 3.8) is 0 Å². The van der Waals surface area contributed by atoms with E-state index in [4.69, 9.17) is 9.84 Å². The average Bonchev–Trinajstić information content (AvgIpc) is 2.81. The summed E-state index contributed by atoms with van der Waals surface area (Å²) in [6.45, 7) is 5.01. The Balaban J connectivity index is 1.92. The first-order chi connectivity index (χ1) is 16.1. The molecule has 0 spiro atoms. The number of hydrogen-bond donors (Lipinski definition) is 2. The molecule has 4 nitrogen and oxygen atoms in total. The number of anilines is 1. The number of nitrogens with one attached hydrogen (secondary N) is 1. The van der Waals surface area contributed by atoms with Gasteiger partial charge in [-0.2, -0.15) is 0 Å². The summed E-state index contributed by atoms with van der Waals surface area (Å²) in [5.74, 6) is -0.234. The van der Waals surface area contributed by atoms with Crippen molar-refractivity contribution in [2.75, 3.05) is 18.5 Å². The van der Waals surface area contributed by atoms with E-state index in [9.17, 15) is 4.79 Å². The van der Waals surface area contributed by atoms with Crippen molar-refractivity contribution in [3.05, 3.63) is 29.8 Å². The normalized spacial score (nSPS) is 12.0. The minimum Gasteiger partial charge on any atom is -0.463 e. The standard InChI is InChI=1S/C29H51NO3/c1-3-4-5-6-7-8-9-10-11-12-13-14-15-16-24-30-28-22-20-27(21-23-28)18-17-19-29(32)33-25-26(2)31/h20-23,26,30-31H,3-19,24-25H2,1-2H3. The fourth-order valence-corrected chi connectivity index (χ4v) is 4.06. The van der Waals surface area contributed by atoms with Gasteiger partial charge in [-0.15, -0.1) is 0 Å². The van der Waals surface area contributed by atoms with Crippen LogP contribution in [0.4, 0.5) is 5.69 Å². The minimum atomic E-state index is -0.599. The summed E-state index contributed by atoms with van der Waals surface area (Å²) in [6, 6.07) is 8.53. The van der Waals surface area contributed by atoms with Crippen LogP contribution in [0.2, 0.25) is 0 Å². The van der Waals surface area contributed by atoms with Crippen molar-refractivity contribution in [1.29, 1.82) is 0 Å². The van der Waals surface area contributed by atoms with Gasteiger partial charge in [0.25, 0.3) is 0 Å². The molecule has 1 rings (SSSR count). The number of aliphatic hydroxyl groups excluding tert-OH is 1. The Labute approximate surface area is 203 Å². The molecule has 0 saturated carbocycles. The lowest BCUT2D eigenvalue weighted by atomic mass is 10.0. The second-order valence-corrected chi connectivity index (χ2v) is 9.61. The van der Waals surface area contributed by atoms with Crippen LogP contribution in [0.1, 0.15) is 122 Å². The quantitative estimate of drug-likeness (QED) is 0.136. The summed E-state index contributed by atoms with van der Waals surface area (Å²) in [6.07, 6.45) is 20.9. The van der Waals surface area contributed by atoms with Crippen LogP contribution >= 0.6 is 0 Å². The van der Waals surface area contributed by atoms with Crippen LogP contribution in [-0.2, 0) is 16.0 Å². The molecular formula is C29H51NO3. The molecule has 0 aliphatic rings. The zero-order chi connectivity index (χ0) is 24.0. The molecule has 1 atom stereocenters. The lowest BCUT2D eigenvalue weighted by Gasteiger charge is -2.08. The molecule has 1 aromatic rings. The molecule has 1 unspecified atom stereocenters. The van der Waals surface area contributed by atoms with Crippen molar-refractivity contribution in [2.45, 2.75) is 129 Å². The predicted octanol–water partition coefficient (Wildman–Crippen LogP) is 7.83. The van der Waals surface area contributed by atoms with Crippen molar-refractivity contribution < 1.29 is 14.6 Å². The highest BCUT2D eigenvalue weighted by molar-refractivity contribution is 5.69. The monoisotopic (exact) mass is 461 g/mol. The van der Waals surface area contributed by atoms with Gasteiger partial charge < -0.3 is 15.2 Å². The largest absolute Gasteiger partial charge is 0.463 e. The second kappa shape index (κ2) is 21.0. The van der Waals surface area contributed by atoms with Crippen LogP contribution in [0.15, 0.2) is 24.3 Å². The van der Waals surface area contributed by atoms with Gasteiger partial charge in [0, 0.05) is 18.7 Å². The van der Waals surface area contributed by atoms with E-state index in [-0.39, 0.29) is 12.6 Å². The maximum atomic E-state index is 11.6. The highest BCUT2D eigenvalue weighted by Crippen LogP contribution is 2.14. The number of aliphatic hydroxyl groups is 1. The Kier molecular flexibility index (Phi) is 18.8. The van der Waals surface area contributed by atoms with Crippen molar-refractivity contribution in [1.82, 2.24) is 0 Å². The molecule has 0 amide bonds. The third-order valence-electron chi connectivity index (χ3n) is 6.15. The number of esters is 1. The number of carbonyl (C=O) groups is 1. The van der Waals surface area contributed by atoms with E-state index in [0.717, 1.165) is 19.4 Å². The Morgan fingerprint density at radius 3 is 1.85 bits per heavy atom. The Morgan fingerprint density at radius 2 is 1.33 bits per heavy atom. The molecule has 4 heteroatoms. The summed E-state index contributed by atoms with van der Waals surface area (Å²) >= 11 is 0. The Hall–Kier alpha value is -1.55. The number of unbranched alkanes of at least 4 members (excludes halogenated alkanes) is 13. The van der Waals surface area contributed by atoms with E-state index in [1.54, 1.807) is 6.92 Å². The van der Waals surface area contributed by atoms with Crippen LogP contribution < -0.4 is 5.32 Å². The fourth-order valence-electron chi connectivity index (χ4n) is 4.06. The van der Waals surface area contributed by atoms with Crippen LogP contribution in [0.3, 0.4) is 0 Å². The molecule has 2 N–H and O–H groups in total. The van der Waals surface area contributed by atoms with E-state index in [1.165, 1.54) is 101 Å². The van der Waals surface area contributed by atoms with Crippen LogP contribution in [0.5, 0.6) is 0 Å². The second-order valence-electron chi connectivity index (χ2n) is 9.61. The third-order valence-corrected chi connectivity index (χ3v) is 6.15. The number of rotatable bonds is 22. The van der Waals surface area contributed by atoms with E-state index in [1.807, 2.05) is 0 Å². The molecule has 0 radical (unpaired) electrons. The molecule has 0 heterocycles. The summed E-state index contributed by atoms with van der Waals surface area (Å²) in [7, 11) is 0. The van der Waals surface area contributed by atoms with Gasteiger partial charge in [-0.05, 0) is 43.9 Å². The molecule has 33 heavy (non-hydrogen) atoms. The molecular weight excluding hydrogens is 410 g/mol. The summed E-state index contributed by atoms with van der Waals surface area (Å²) in [5.41, 5.74) is 2.41. The zero-order valence-corrected chi connectivity index (χ0v) is 21.6. The summed E-state index contributed by atoms with van der Waals surface area (Å²) in [5, 5.41) is 12.6. The van der Waals surface area contributed by atoms with Crippen LogP contribution in [0, 0.1) is 0 Å². The van der Waals surface area contributed by atoms with Crippen LogP contribution in [0.25, 0.3) is 0 Å². The number of benzene rings is 1. The number of carbonyl (C=O) groups excluding carboxylic acids is 1. The van der Waals surface area contributed by atoms with Crippen molar-refractivity contribution in [3.8, 4) is 0 Å². The SMILES string of the molecule is CCCCCCCCCCCCCCCCNc1ccc(CCCC(=O)OCC(C)O)cc1. The first kappa shape index (κ1) is 29.5. The molecule has 0 fully saturated rings. The van der Waals surface area contributed by atoms with Gasteiger partial charge in [0.05, 0.1) is 6.10 Å². The van der Waals surface area contributed by atoms with Gasteiger partial charge in [-0.3, -0.25) is 4.79 Å². The van der Waals surface area contributed by atoms with Gasteiger partial charge in [0.2, 0.25) is 0 Å². The fraction of sp³-hybridized carbons (Fsp3) is 0.759. The topological polar surface area (TPSA) is 58.6 Å². The molecule has 1 aromatic carbocycles. The summed E-state index contributed by atoms with van der Waals surface area (Å²) in [4.78, 5) is 11.6. The van der Waals surface area contributed by atoms with Gasteiger partial charge >= 0.3 is 5.97 Å². The number of ether oxygens (including phenoxy) is 1. The predicted molar refractivity (Wildman–Crippen MR) is 141 cm³/mol. The molecule has 190 valence electrons. The molecule has 0 saturated heterocycles. The molecule has 0 aliphatic carbocycles. The minimum absolute atomic E-state index is 0.0819. The molecule has 0 bridgehead atoms. The van der Waals surface area contributed by atoms with Crippen molar-refractivity contribution >= 4 is 11.7 Å². The van der Waals surface area contributed by atoms with Crippen LogP contribution in [-0.4, -0.2) is 30.3 Å². The smallest absolute Gasteiger partial charge is 0.305 e. The maximum Gasteiger partial charge on any atom is 0.305 e. The Bertz CT molecular complexity index is 571.